The molecule has 0 atom stereocenters. The number of amides is 2. The van der Waals surface area contributed by atoms with Crippen molar-refractivity contribution in [3.05, 3.63) is 0 Å². The van der Waals surface area contributed by atoms with Crippen molar-refractivity contribution in [3.8, 4) is 0 Å². The van der Waals surface area contributed by atoms with Crippen molar-refractivity contribution in [3.63, 3.8) is 0 Å². The van der Waals surface area contributed by atoms with E-state index in [1.54, 1.807) is 0 Å². The average molecular weight is 292 g/mol. The van der Waals surface area contributed by atoms with E-state index in [2.05, 4.69) is 23.3 Å². The van der Waals surface area contributed by atoms with Crippen LogP contribution in [0.5, 0.6) is 0 Å². The van der Waals surface area contributed by atoms with Crippen LogP contribution in [0.25, 0.3) is 0 Å². The molecule has 0 rings (SSSR count). The van der Waals surface area contributed by atoms with Crippen LogP contribution in [0.1, 0.15) is 52.4 Å². The molecule has 0 heterocycles. The minimum atomic E-state index is -0.558. The van der Waals surface area contributed by atoms with E-state index in [0.717, 1.165) is 30.8 Å². The Balaban J connectivity index is 3.41. The molecule has 0 aromatic heterocycles. The third-order valence-electron chi connectivity index (χ3n) is 2.24. The van der Waals surface area contributed by atoms with Crippen molar-refractivity contribution in [1.29, 1.82) is 0 Å². The van der Waals surface area contributed by atoms with Gasteiger partial charge in [0.2, 0.25) is 0 Å². The Kier molecular flexibility index (Phi) is 12.8. The van der Waals surface area contributed by atoms with Gasteiger partial charge in [-0.2, -0.15) is 0 Å². The maximum absolute atomic E-state index is 11.3. The Hall–Kier alpha value is -0.360. The van der Waals surface area contributed by atoms with E-state index in [0.29, 0.717) is 0 Å². The van der Waals surface area contributed by atoms with Crippen LogP contribution in [-0.4, -0.2) is 23.3 Å². The van der Waals surface area contributed by atoms with Crippen molar-refractivity contribution in [2.45, 2.75) is 52.4 Å². The second-order valence-corrected chi connectivity index (χ2v) is 5.78. The van der Waals surface area contributed by atoms with Crippen LogP contribution < -0.4 is 9.44 Å². The first-order chi connectivity index (χ1) is 8.72. The molecule has 0 bridgehead atoms. The monoisotopic (exact) mass is 292 g/mol. The summed E-state index contributed by atoms with van der Waals surface area (Å²) in [4.78, 5) is 22.7. The highest BCUT2D eigenvalue weighted by molar-refractivity contribution is 7.98. The number of unbranched alkanes of at least 4 members (excludes halogenated alkanes) is 4. The lowest BCUT2D eigenvalue weighted by atomic mass is 10.2. The SMILES string of the molecule is CCCCCCSNC(=O)C(=O)NSCCCC. The smallest absolute Gasteiger partial charge is 0.292 e. The van der Waals surface area contributed by atoms with E-state index >= 15 is 0 Å². The van der Waals surface area contributed by atoms with Crippen LogP contribution in [-0.2, 0) is 9.59 Å². The maximum Gasteiger partial charge on any atom is 0.320 e. The molecule has 0 fully saturated rings. The van der Waals surface area contributed by atoms with Gasteiger partial charge in [0.15, 0.2) is 0 Å². The molecule has 0 aliphatic carbocycles. The van der Waals surface area contributed by atoms with Crippen LogP contribution in [0.15, 0.2) is 0 Å². The van der Waals surface area contributed by atoms with Crippen LogP contribution in [0.3, 0.4) is 0 Å². The molecular weight excluding hydrogens is 268 g/mol. The first kappa shape index (κ1) is 17.6. The standard InChI is InChI=1S/C12H24N2O2S2/c1-3-5-7-8-10-18-14-12(16)11(15)13-17-9-6-4-2/h3-10H2,1-2H3,(H,13,15)(H,14,16). The van der Waals surface area contributed by atoms with Gasteiger partial charge in [-0.25, -0.2) is 0 Å². The third kappa shape index (κ3) is 10.8. The van der Waals surface area contributed by atoms with Crippen molar-refractivity contribution in [1.82, 2.24) is 9.44 Å². The number of carbonyl (C=O) groups excluding carboxylic acids is 2. The molecule has 0 spiro atoms. The quantitative estimate of drug-likeness (QED) is 0.369. The van der Waals surface area contributed by atoms with Crippen LogP contribution in [0.4, 0.5) is 0 Å². The second kappa shape index (κ2) is 13.1. The molecular formula is C12H24N2O2S2. The Morgan fingerprint density at radius 3 is 1.78 bits per heavy atom. The topological polar surface area (TPSA) is 58.2 Å². The first-order valence-corrected chi connectivity index (χ1v) is 8.53. The summed E-state index contributed by atoms with van der Waals surface area (Å²) in [6, 6.07) is 0. The van der Waals surface area contributed by atoms with E-state index in [-0.39, 0.29) is 0 Å². The van der Waals surface area contributed by atoms with E-state index in [1.807, 2.05) is 0 Å². The van der Waals surface area contributed by atoms with Gasteiger partial charge in [-0.1, -0.05) is 63.4 Å². The highest BCUT2D eigenvalue weighted by Gasteiger charge is 2.12. The normalized spacial score (nSPS) is 10.1. The van der Waals surface area contributed by atoms with Gasteiger partial charge in [-0.15, -0.1) is 0 Å². The van der Waals surface area contributed by atoms with Gasteiger partial charge in [0.1, 0.15) is 0 Å². The van der Waals surface area contributed by atoms with E-state index in [4.69, 9.17) is 0 Å². The highest BCUT2D eigenvalue weighted by Crippen LogP contribution is 2.04. The lowest BCUT2D eigenvalue weighted by Gasteiger charge is -2.04. The summed E-state index contributed by atoms with van der Waals surface area (Å²) in [7, 11) is 0. The lowest BCUT2D eigenvalue weighted by molar-refractivity contribution is -0.136. The number of nitrogens with one attached hydrogen (secondary N) is 2. The number of hydrogen-bond acceptors (Lipinski definition) is 4. The van der Waals surface area contributed by atoms with Gasteiger partial charge in [0.25, 0.3) is 0 Å². The van der Waals surface area contributed by atoms with E-state index < -0.39 is 11.8 Å². The van der Waals surface area contributed by atoms with Crippen molar-refractivity contribution < 1.29 is 9.59 Å². The molecule has 0 saturated heterocycles. The minimum Gasteiger partial charge on any atom is -0.292 e. The zero-order chi connectivity index (χ0) is 13.6. The van der Waals surface area contributed by atoms with Gasteiger partial charge in [-0.05, 0) is 12.8 Å². The summed E-state index contributed by atoms with van der Waals surface area (Å²) in [6.45, 7) is 4.25. The van der Waals surface area contributed by atoms with Crippen molar-refractivity contribution in [2.24, 2.45) is 0 Å². The summed E-state index contributed by atoms with van der Waals surface area (Å²) in [5.41, 5.74) is 0. The van der Waals surface area contributed by atoms with Gasteiger partial charge in [0.05, 0.1) is 0 Å². The van der Waals surface area contributed by atoms with Crippen molar-refractivity contribution >= 4 is 35.7 Å². The second-order valence-electron chi connectivity index (χ2n) is 3.97. The molecule has 0 aromatic rings. The minimum absolute atomic E-state index is 0.556. The highest BCUT2D eigenvalue weighted by atomic mass is 32.2. The summed E-state index contributed by atoms with van der Waals surface area (Å²) in [5.74, 6) is 0.596. The molecule has 6 heteroatoms. The van der Waals surface area contributed by atoms with Gasteiger partial charge < -0.3 is 0 Å². The zero-order valence-electron chi connectivity index (χ0n) is 11.3. The Morgan fingerprint density at radius 2 is 1.28 bits per heavy atom. The van der Waals surface area contributed by atoms with Crippen molar-refractivity contribution in [2.75, 3.05) is 11.5 Å². The maximum atomic E-state index is 11.3. The predicted molar refractivity (Wildman–Crippen MR) is 80.3 cm³/mol. The predicted octanol–water partition coefficient (Wildman–Crippen LogP) is 2.90. The molecule has 4 nitrogen and oxygen atoms in total. The molecule has 0 aliphatic heterocycles. The number of hydrogen-bond donors (Lipinski definition) is 2. The van der Waals surface area contributed by atoms with Gasteiger partial charge >= 0.3 is 11.8 Å². The van der Waals surface area contributed by atoms with E-state index in [1.165, 1.54) is 43.2 Å². The molecule has 0 aliphatic rings. The molecule has 0 saturated carbocycles. The lowest BCUT2D eigenvalue weighted by Crippen LogP contribution is -2.34. The fraction of sp³-hybridized carbons (Fsp3) is 0.833. The third-order valence-corrected chi connectivity index (χ3v) is 3.88. The Morgan fingerprint density at radius 1 is 0.778 bits per heavy atom. The molecule has 2 N–H and O–H groups in total. The summed E-state index contributed by atoms with van der Waals surface area (Å²) >= 11 is 2.61. The Bertz CT molecular complexity index is 238. The Labute approximate surface area is 119 Å². The van der Waals surface area contributed by atoms with E-state index in [9.17, 15) is 9.59 Å². The van der Waals surface area contributed by atoms with Crippen LogP contribution in [0.2, 0.25) is 0 Å². The number of carbonyl (C=O) groups is 2. The fourth-order valence-corrected chi connectivity index (χ4v) is 2.58. The van der Waals surface area contributed by atoms with Crippen LogP contribution in [0, 0.1) is 0 Å². The average Bonchev–Trinajstić information content (AvgIpc) is 2.38. The first-order valence-electron chi connectivity index (χ1n) is 6.56. The fourth-order valence-electron chi connectivity index (χ4n) is 1.14. The molecule has 18 heavy (non-hydrogen) atoms. The summed E-state index contributed by atoms with van der Waals surface area (Å²) in [6.07, 6.45) is 6.81. The molecule has 0 unspecified atom stereocenters. The molecule has 0 aromatic carbocycles. The van der Waals surface area contributed by atoms with Crippen LogP contribution >= 0.6 is 23.9 Å². The van der Waals surface area contributed by atoms with Gasteiger partial charge in [-0.3, -0.25) is 19.0 Å². The number of rotatable bonds is 10. The zero-order valence-corrected chi connectivity index (χ0v) is 12.9. The molecule has 106 valence electrons. The largest absolute Gasteiger partial charge is 0.320 e. The summed E-state index contributed by atoms with van der Waals surface area (Å²) < 4.78 is 5.08. The molecule has 0 radical (unpaired) electrons. The van der Waals surface area contributed by atoms with Gasteiger partial charge in [0, 0.05) is 11.5 Å². The molecule has 2 amide bonds. The summed E-state index contributed by atoms with van der Waals surface area (Å²) in [5, 5.41) is 0.